The number of fused-ring (bicyclic) bond motifs is 3. The number of aliphatic carboxylic acids is 2. The zero-order chi connectivity index (χ0) is 58.3. The number of carbonyl (C=O) groups is 8. The van der Waals surface area contributed by atoms with E-state index < -0.39 is 45.6 Å². The molecule has 23 nitrogen and oxygen atoms in total. The lowest BCUT2D eigenvalue weighted by Crippen LogP contribution is -2.40. The molecule has 80 heavy (non-hydrogen) atoms. The number of nitrogens with one attached hydrogen (secondary N) is 3. The van der Waals surface area contributed by atoms with Crippen molar-refractivity contribution in [2.75, 3.05) is 64.0 Å². The molecule has 0 atom stereocenters. The van der Waals surface area contributed by atoms with Crippen molar-refractivity contribution in [2.45, 2.75) is 97.4 Å². The Labute approximate surface area is 463 Å². The van der Waals surface area contributed by atoms with Crippen LogP contribution in [0.2, 0.25) is 0 Å². The number of amides is 5. The summed E-state index contributed by atoms with van der Waals surface area (Å²) >= 11 is 0. The van der Waals surface area contributed by atoms with Gasteiger partial charge in [-0.05, 0) is 81.3 Å². The van der Waals surface area contributed by atoms with E-state index in [1.165, 1.54) is 14.7 Å². The molecule has 3 aromatic carbocycles. The molecule has 6 rings (SSSR count). The number of aromatic nitrogens is 3. The van der Waals surface area contributed by atoms with Crippen LogP contribution in [0.5, 0.6) is 5.75 Å². The minimum absolute atomic E-state index is 0.0694. The van der Waals surface area contributed by atoms with E-state index in [2.05, 4.69) is 27.2 Å². The molecule has 0 fully saturated rings. The van der Waals surface area contributed by atoms with Gasteiger partial charge in [-0.25, -0.2) is 18.2 Å². The van der Waals surface area contributed by atoms with Gasteiger partial charge >= 0.3 is 17.9 Å². The smallest absolute Gasteiger partial charge is 0.345 e. The largest absolute Gasteiger partial charge is 0.748 e. The first-order chi connectivity index (χ1) is 38.0. The van der Waals surface area contributed by atoms with Crippen LogP contribution in [0.4, 0.5) is 5.82 Å². The number of unbranched alkanes of at least 4 members (excludes halogenated alkanes) is 1. The van der Waals surface area contributed by atoms with Crippen molar-refractivity contribution in [2.24, 2.45) is 0 Å². The summed E-state index contributed by atoms with van der Waals surface area (Å²) in [6, 6.07) is 17.4. The normalized spacial score (nSPS) is 12.4. The third kappa shape index (κ3) is 16.4. The van der Waals surface area contributed by atoms with E-state index in [1.54, 1.807) is 93.5 Å². The van der Waals surface area contributed by atoms with Crippen molar-refractivity contribution >= 4 is 85.2 Å². The molecule has 0 saturated heterocycles. The molecule has 1 aliphatic heterocycles. The van der Waals surface area contributed by atoms with Gasteiger partial charge < -0.3 is 49.8 Å². The number of esters is 1. The number of hydrogen-bond donors (Lipinski definition) is 5. The molecule has 0 aliphatic carbocycles. The van der Waals surface area contributed by atoms with Crippen molar-refractivity contribution < 1.29 is 70.8 Å². The van der Waals surface area contributed by atoms with Crippen molar-refractivity contribution in [3.63, 3.8) is 0 Å². The second-order valence-electron chi connectivity index (χ2n) is 19.6. The van der Waals surface area contributed by atoms with E-state index in [1.807, 2.05) is 4.57 Å². The van der Waals surface area contributed by atoms with Gasteiger partial charge in [0.25, 0.3) is 11.8 Å². The number of nitrogens with zero attached hydrogens (tertiary/aromatic N) is 6. The van der Waals surface area contributed by atoms with Crippen LogP contribution in [0.3, 0.4) is 0 Å². The molecule has 0 spiro atoms. The Morgan fingerprint density at radius 3 is 1.80 bits per heavy atom. The minimum Gasteiger partial charge on any atom is -0.748 e. The van der Waals surface area contributed by atoms with Crippen molar-refractivity contribution in [3.8, 4) is 5.75 Å². The zero-order valence-electron chi connectivity index (χ0n) is 45.5. The highest BCUT2D eigenvalue weighted by molar-refractivity contribution is 7.85. The van der Waals surface area contributed by atoms with Crippen LogP contribution in [-0.4, -0.2) is 154 Å². The summed E-state index contributed by atoms with van der Waals surface area (Å²) in [5, 5.41) is 25.3. The van der Waals surface area contributed by atoms with Crippen LogP contribution in [0.1, 0.15) is 119 Å². The summed E-state index contributed by atoms with van der Waals surface area (Å²) in [5.74, 6) is -3.32. The van der Waals surface area contributed by atoms with E-state index in [9.17, 15) is 61.5 Å². The maximum absolute atomic E-state index is 14.2. The van der Waals surface area contributed by atoms with E-state index >= 15 is 0 Å². The molecule has 3 heterocycles. The van der Waals surface area contributed by atoms with Crippen molar-refractivity contribution in [1.29, 1.82) is 0 Å². The number of aryl methyl sites for hydroxylation is 4. The number of hydrogen-bond acceptors (Lipinski definition) is 14. The summed E-state index contributed by atoms with van der Waals surface area (Å²) in [6.45, 7) is 8.83. The van der Waals surface area contributed by atoms with Crippen LogP contribution < -0.4 is 24.8 Å². The molecule has 2 aromatic heterocycles. The third-order valence-electron chi connectivity index (χ3n) is 13.7. The molecule has 5 amide bonds. The van der Waals surface area contributed by atoms with Crippen LogP contribution in [0.25, 0.3) is 21.8 Å². The number of rotatable bonds is 30. The molecule has 5 N–H and O–H groups in total. The SMILES string of the molecule is C=C1N(C)C(=O)c2[nH]c(CCCC(=O)NCCCN(CCCCN(CCCNC(=O)c3cc(C)c(OC(=O)c4c5ccccc5[n+](CCCS(=O)(=O)[O-])c5ccccc45)c(C)c3)C(=O)CCC(=O)O)C(=O)CCC(=O)O)nc2N1C. The highest BCUT2D eigenvalue weighted by Crippen LogP contribution is 2.31. The zero-order valence-corrected chi connectivity index (χ0v) is 46.3. The summed E-state index contributed by atoms with van der Waals surface area (Å²) in [6.07, 6.45) is 1.50. The van der Waals surface area contributed by atoms with Gasteiger partial charge in [0.05, 0.1) is 39.3 Å². The number of imidazole rings is 1. The second kappa shape index (κ2) is 28.1. The summed E-state index contributed by atoms with van der Waals surface area (Å²) in [4.78, 5) is 116. The lowest BCUT2D eigenvalue weighted by molar-refractivity contribution is -0.645. The number of anilines is 1. The van der Waals surface area contributed by atoms with Gasteiger partial charge in [0, 0.05) is 109 Å². The van der Waals surface area contributed by atoms with Crippen molar-refractivity contribution in [1.82, 2.24) is 35.3 Å². The number of pyridine rings is 1. The molecular formula is C56H69N9O14S. The number of carboxylic acids is 2. The Morgan fingerprint density at radius 1 is 0.738 bits per heavy atom. The maximum Gasteiger partial charge on any atom is 0.345 e. The Bertz CT molecular complexity index is 3210. The van der Waals surface area contributed by atoms with Gasteiger partial charge in [-0.1, -0.05) is 30.8 Å². The fraction of sp³-hybridized carbons (Fsp3) is 0.429. The molecule has 5 aromatic rings. The van der Waals surface area contributed by atoms with Gasteiger partial charge in [-0.3, -0.25) is 38.5 Å². The lowest BCUT2D eigenvalue weighted by atomic mass is 10.0. The predicted molar refractivity (Wildman–Crippen MR) is 294 cm³/mol. The number of para-hydroxylation sites is 2. The molecule has 1 aliphatic rings. The van der Waals surface area contributed by atoms with Crippen molar-refractivity contribution in [3.05, 3.63) is 107 Å². The number of ether oxygens (including phenoxy) is 1. The standard InChI is InChI=1S/C56H69N9O14S/c1-36-34-39(35-37(2)52(36)79-56(75)50-40-16-6-8-18-42(40)65(32-15-33-80(76,77)78)43-19-9-7-17-41(43)50)54(73)58-27-14-31-64(47(68)23-25-49(71)72)29-11-10-28-63(46(67)22-24-48(69)70)30-13-26-57-45(66)21-12-20-44-59-51-53(60-44)61(4)38(3)62(5)55(51)74/h6-9,16-19,34-35H,3,10-15,20-33H2,1-2,4-5H3,(H5-,57,58,59,60,66,69,70,71,72,73,74,76,77,78). The van der Waals surface area contributed by atoms with Crippen LogP contribution in [0.15, 0.2) is 73.1 Å². The summed E-state index contributed by atoms with van der Waals surface area (Å²) in [5.41, 5.74) is 3.22. The molecular weight excluding hydrogens is 1050 g/mol. The first-order valence-electron chi connectivity index (χ1n) is 26.5. The second-order valence-corrected chi connectivity index (χ2v) is 21.2. The summed E-state index contributed by atoms with van der Waals surface area (Å²) < 4.78 is 42.1. The van der Waals surface area contributed by atoms with Crippen LogP contribution in [-0.2, 0) is 47.1 Å². The fourth-order valence-electron chi connectivity index (χ4n) is 9.56. The van der Waals surface area contributed by atoms with E-state index in [0.717, 1.165) is 0 Å². The van der Waals surface area contributed by atoms with Gasteiger partial charge in [0.2, 0.25) is 28.8 Å². The molecule has 0 radical (unpaired) electrons. The van der Waals surface area contributed by atoms with Gasteiger partial charge in [0.1, 0.15) is 23.1 Å². The number of carboxylic acid groups (broad SMARTS) is 2. The number of carbonyl (C=O) groups excluding carboxylic acids is 6. The Kier molecular flexibility index (Phi) is 21.4. The third-order valence-corrected chi connectivity index (χ3v) is 14.5. The Morgan fingerprint density at radius 2 is 1.26 bits per heavy atom. The van der Waals surface area contributed by atoms with Crippen LogP contribution >= 0.6 is 0 Å². The first kappa shape index (κ1) is 61.0. The Balaban J connectivity index is 0.991. The highest BCUT2D eigenvalue weighted by Gasteiger charge is 2.32. The Hall–Kier alpha value is -8.25. The summed E-state index contributed by atoms with van der Waals surface area (Å²) in [7, 11) is -1.06. The number of aromatic amines is 1. The van der Waals surface area contributed by atoms with Crippen LogP contribution in [0, 0.1) is 13.8 Å². The molecule has 24 heteroatoms. The van der Waals surface area contributed by atoms with E-state index in [0.29, 0.717) is 100 Å². The van der Waals surface area contributed by atoms with Gasteiger partial charge in [0.15, 0.2) is 12.4 Å². The first-order valence-corrected chi connectivity index (χ1v) is 28.1. The number of benzene rings is 3. The van der Waals surface area contributed by atoms with E-state index in [4.69, 9.17) is 4.74 Å². The van der Waals surface area contributed by atoms with E-state index in [-0.39, 0.29) is 113 Å². The average Bonchev–Trinajstić information content (AvgIpc) is 4.02. The molecule has 0 unspecified atom stereocenters. The quantitative estimate of drug-likeness (QED) is 0.0105. The fourth-order valence-corrected chi connectivity index (χ4v) is 10.0. The highest BCUT2D eigenvalue weighted by atomic mass is 32.2. The minimum atomic E-state index is -4.44. The molecule has 0 saturated carbocycles. The molecule has 428 valence electrons. The van der Waals surface area contributed by atoms with Gasteiger partial charge in [-0.2, -0.15) is 4.57 Å². The maximum atomic E-state index is 14.2. The monoisotopic (exact) mass is 1120 g/mol. The average molecular weight is 1120 g/mol. The predicted octanol–water partition coefficient (Wildman–Crippen LogP) is 4.58. The number of H-pyrrole nitrogens is 1. The topological polar surface area (TPSA) is 313 Å². The molecule has 0 bridgehead atoms. The lowest BCUT2D eigenvalue weighted by Gasteiger charge is -2.32. The van der Waals surface area contributed by atoms with Gasteiger partial charge in [-0.15, -0.1) is 0 Å².